The Morgan fingerprint density at radius 2 is 2.21 bits per heavy atom. The molecule has 1 heterocycles. The minimum absolute atomic E-state index is 0.0163. The molecule has 0 atom stereocenters. The Bertz CT molecular complexity index is 344. The summed E-state index contributed by atoms with van der Waals surface area (Å²) in [6.07, 6.45) is 6.29. The largest absolute Gasteiger partial charge is 0.482 e. The van der Waals surface area contributed by atoms with Gasteiger partial charge in [0.1, 0.15) is 5.75 Å². The Morgan fingerprint density at radius 1 is 1.37 bits per heavy atom. The summed E-state index contributed by atoms with van der Waals surface area (Å²) in [6.45, 7) is 4.24. The minimum Gasteiger partial charge on any atom is -0.482 e. The molecular weight excluding hydrogens is 244 g/mol. The number of pyridine rings is 1. The number of amides is 1. The maximum atomic E-state index is 11.5. The number of carbonyl (C=O) groups excluding carboxylic acids is 1. The molecule has 0 aliphatic carbocycles. The molecule has 5 heteroatoms. The third kappa shape index (κ3) is 8.15. The first-order chi connectivity index (χ1) is 9.33. The predicted octanol–water partition coefficient (Wildman–Crippen LogP) is 1.78. The average Bonchev–Trinajstić information content (AvgIpc) is 2.45. The summed E-state index contributed by atoms with van der Waals surface area (Å²) in [5.74, 6) is 0.470. The molecule has 5 nitrogen and oxygen atoms in total. The summed E-state index contributed by atoms with van der Waals surface area (Å²) >= 11 is 0. The van der Waals surface area contributed by atoms with E-state index in [-0.39, 0.29) is 12.5 Å². The van der Waals surface area contributed by atoms with Crippen LogP contribution in [0.5, 0.6) is 5.75 Å². The zero-order valence-electron chi connectivity index (χ0n) is 11.4. The number of aromatic nitrogens is 1. The van der Waals surface area contributed by atoms with Gasteiger partial charge in [-0.2, -0.15) is 0 Å². The maximum Gasteiger partial charge on any atom is 0.257 e. The minimum atomic E-state index is -0.127. The summed E-state index contributed by atoms with van der Waals surface area (Å²) in [5, 5.41) is 2.78. The monoisotopic (exact) mass is 266 g/mol. The van der Waals surface area contributed by atoms with Gasteiger partial charge in [-0.15, -0.1) is 0 Å². The number of rotatable bonds is 10. The highest BCUT2D eigenvalue weighted by molar-refractivity contribution is 5.77. The lowest BCUT2D eigenvalue weighted by Crippen LogP contribution is -2.30. The number of nitrogens with zero attached hydrogens (tertiary/aromatic N) is 1. The number of hydrogen-bond acceptors (Lipinski definition) is 4. The van der Waals surface area contributed by atoms with Gasteiger partial charge in [-0.1, -0.05) is 13.3 Å². The zero-order valence-corrected chi connectivity index (χ0v) is 11.4. The molecule has 0 saturated carbocycles. The smallest absolute Gasteiger partial charge is 0.257 e. The van der Waals surface area contributed by atoms with Crippen LogP contribution in [0.15, 0.2) is 24.5 Å². The van der Waals surface area contributed by atoms with Crippen LogP contribution < -0.4 is 10.1 Å². The molecule has 1 amide bonds. The fraction of sp³-hybridized carbons (Fsp3) is 0.571. The molecule has 0 saturated heterocycles. The number of ether oxygens (including phenoxy) is 2. The van der Waals surface area contributed by atoms with Crippen LogP contribution in [-0.2, 0) is 9.53 Å². The summed E-state index contributed by atoms with van der Waals surface area (Å²) in [4.78, 5) is 15.4. The van der Waals surface area contributed by atoms with Gasteiger partial charge in [0.15, 0.2) is 6.61 Å². The van der Waals surface area contributed by atoms with Gasteiger partial charge in [0.05, 0.1) is 6.20 Å². The van der Waals surface area contributed by atoms with Crippen molar-refractivity contribution in [1.29, 1.82) is 0 Å². The summed E-state index contributed by atoms with van der Waals surface area (Å²) < 4.78 is 10.7. The normalized spacial score (nSPS) is 10.2. The molecule has 1 N–H and O–H groups in total. The van der Waals surface area contributed by atoms with E-state index in [1.807, 2.05) is 0 Å². The molecule has 0 radical (unpaired) electrons. The molecule has 1 aromatic rings. The van der Waals surface area contributed by atoms with Crippen molar-refractivity contribution >= 4 is 5.91 Å². The van der Waals surface area contributed by atoms with E-state index in [1.54, 1.807) is 24.5 Å². The lowest BCUT2D eigenvalue weighted by Gasteiger charge is -2.07. The second-order valence-electron chi connectivity index (χ2n) is 4.15. The van der Waals surface area contributed by atoms with E-state index in [9.17, 15) is 4.79 Å². The fourth-order valence-corrected chi connectivity index (χ4v) is 1.38. The van der Waals surface area contributed by atoms with Crippen LogP contribution in [0.2, 0.25) is 0 Å². The molecule has 1 rings (SSSR count). The first-order valence-electron chi connectivity index (χ1n) is 6.70. The predicted molar refractivity (Wildman–Crippen MR) is 73.1 cm³/mol. The van der Waals surface area contributed by atoms with Crippen LogP contribution in [0.4, 0.5) is 0 Å². The Hall–Kier alpha value is -1.62. The lowest BCUT2D eigenvalue weighted by molar-refractivity contribution is -0.123. The number of carbonyl (C=O) groups is 1. The van der Waals surface area contributed by atoms with Crippen molar-refractivity contribution in [2.75, 3.05) is 26.4 Å². The van der Waals surface area contributed by atoms with Crippen LogP contribution in [-0.4, -0.2) is 37.3 Å². The second-order valence-corrected chi connectivity index (χ2v) is 4.15. The third-order valence-corrected chi connectivity index (χ3v) is 2.43. The van der Waals surface area contributed by atoms with E-state index < -0.39 is 0 Å². The van der Waals surface area contributed by atoms with Crippen LogP contribution in [0, 0.1) is 0 Å². The van der Waals surface area contributed by atoms with Crippen molar-refractivity contribution in [2.24, 2.45) is 0 Å². The molecule has 0 unspecified atom stereocenters. The highest BCUT2D eigenvalue weighted by Gasteiger charge is 2.01. The van der Waals surface area contributed by atoms with Crippen molar-refractivity contribution in [2.45, 2.75) is 26.2 Å². The first-order valence-corrected chi connectivity index (χ1v) is 6.70. The Labute approximate surface area is 114 Å². The molecule has 0 fully saturated rings. The average molecular weight is 266 g/mol. The molecule has 0 aromatic carbocycles. The number of nitrogens with one attached hydrogen (secondary N) is 1. The summed E-state index contributed by atoms with van der Waals surface area (Å²) in [5.41, 5.74) is 0. The van der Waals surface area contributed by atoms with Crippen LogP contribution in [0.25, 0.3) is 0 Å². The van der Waals surface area contributed by atoms with E-state index in [2.05, 4.69) is 17.2 Å². The van der Waals surface area contributed by atoms with Gasteiger partial charge < -0.3 is 14.8 Å². The fourth-order valence-electron chi connectivity index (χ4n) is 1.38. The van der Waals surface area contributed by atoms with Crippen molar-refractivity contribution in [3.63, 3.8) is 0 Å². The molecule has 0 aliphatic heterocycles. The topological polar surface area (TPSA) is 60.5 Å². The lowest BCUT2D eigenvalue weighted by atomic mass is 10.3. The van der Waals surface area contributed by atoms with E-state index in [4.69, 9.17) is 9.47 Å². The third-order valence-electron chi connectivity index (χ3n) is 2.43. The van der Waals surface area contributed by atoms with Gasteiger partial charge in [0.25, 0.3) is 5.91 Å². The first kappa shape index (κ1) is 15.4. The van der Waals surface area contributed by atoms with E-state index in [0.29, 0.717) is 18.9 Å². The Kier molecular flexibility index (Phi) is 8.38. The number of hydrogen-bond donors (Lipinski definition) is 1. The Morgan fingerprint density at radius 3 is 2.95 bits per heavy atom. The van der Waals surface area contributed by atoms with Gasteiger partial charge in [-0.3, -0.25) is 9.78 Å². The van der Waals surface area contributed by atoms with E-state index in [0.717, 1.165) is 25.9 Å². The zero-order chi connectivity index (χ0) is 13.8. The SMILES string of the molecule is CCCCOCCCNC(=O)COc1cccnc1. The van der Waals surface area contributed by atoms with Gasteiger partial charge in [-0.05, 0) is 25.0 Å². The summed E-state index contributed by atoms with van der Waals surface area (Å²) in [7, 11) is 0. The van der Waals surface area contributed by atoms with E-state index >= 15 is 0 Å². The van der Waals surface area contributed by atoms with Gasteiger partial charge in [0, 0.05) is 26.0 Å². The van der Waals surface area contributed by atoms with Crippen molar-refractivity contribution in [1.82, 2.24) is 10.3 Å². The molecule has 0 bridgehead atoms. The molecular formula is C14H22N2O3. The van der Waals surface area contributed by atoms with Crippen LogP contribution in [0.3, 0.4) is 0 Å². The van der Waals surface area contributed by atoms with Gasteiger partial charge in [0.2, 0.25) is 0 Å². The molecule has 106 valence electrons. The highest BCUT2D eigenvalue weighted by Crippen LogP contribution is 2.05. The van der Waals surface area contributed by atoms with Crippen molar-refractivity contribution < 1.29 is 14.3 Å². The van der Waals surface area contributed by atoms with Crippen molar-refractivity contribution in [3.8, 4) is 5.75 Å². The maximum absolute atomic E-state index is 11.5. The molecule has 0 spiro atoms. The number of unbranched alkanes of at least 4 members (excludes halogenated alkanes) is 1. The Balaban J connectivity index is 1.96. The van der Waals surface area contributed by atoms with Gasteiger partial charge >= 0.3 is 0 Å². The molecule has 19 heavy (non-hydrogen) atoms. The quantitative estimate of drug-likeness (QED) is 0.656. The highest BCUT2D eigenvalue weighted by atomic mass is 16.5. The molecule has 1 aromatic heterocycles. The van der Waals surface area contributed by atoms with Gasteiger partial charge in [-0.25, -0.2) is 0 Å². The second kappa shape index (κ2) is 10.3. The van der Waals surface area contributed by atoms with Crippen molar-refractivity contribution in [3.05, 3.63) is 24.5 Å². The molecule has 0 aliphatic rings. The van der Waals surface area contributed by atoms with E-state index in [1.165, 1.54) is 0 Å². The van der Waals surface area contributed by atoms with Crippen LogP contribution >= 0.6 is 0 Å². The standard InChI is InChI=1S/C14H22N2O3/c1-2-3-9-18-10-5-8-16-14(17)12-19-13-6-4-7-15-11-13/h4,6-7,11H,2-3,5,8-10,12H2,1H3,(H,16,17). The summed E-state index contributed by atoms with van der Waals surface area (Å²) in [6, 6.07) is 3.53. The van der Waals surface area contributed by atoms with Crippen LogP contribution in [0.1, 0.15) is 26.2 Å².